The monoisotopic (exact) mass is 150 g/mol. The Bertz CT molecular complexity index is 299. The molecule has 0 aromatic heterocycles. The molecule has 0 bridgehead atoms. The van der Waals surface area contributed by atoms with E-state index >= 15 is 0 Å². The van der Waals surface area contributed by atoms with Crippen molar-refractivity contribution < 1.29 is 14.7 Å². The van der Waals surface area contributed by atoms with E-state index < -0.39 is 17.5 Å². The lowest BCUT2D eigenvalue weighted by Crippen LogP contribution is -2.32. The van der Waals surface area contributed by atoms with Crippen molar-refractivity contribution in [2.24, 2.45) is 0 Å². The fourth-order valence-corrected chi connectivity index (χ4v) is 0.701. The molecule has 1 rings (SSSR count). The Morgan fingerprint density at radius 3 is 2.64 bits per heavy atom. The van der Waals surface area contributed by atoms with Crippen LogP contribution in [-0.4, -0.2) is 17.5 Å². The number of allylic oxidation sites excluding steroid dienone is 3. The summed E-state index contributed by atoms with van der Waals surface area (Å²) in [5.74, 6) is -2.10. The van der Waals surface area contributed by atoms with Crippen LogP contribution in [0.1, 0.15) is 0 Å². The maximum Gasteiger partial charge on any atom is 0.204 e. The largest absolute Gasteiger partial charge is 0.545 e. The fourth-order valence-electron chi connectivity index (χ4n) is 0.701. The van der Waals surface area contributed by atoms with Crippen molar-refractivity contribution in [2.75, 3.05) is 0 Å². The predicted molar refractivity (Wildman–Crippen MR) is 35.0 cm³/mol. The van der Waals surface area contributed by atoms with Gasteiger partial charge < -0.3 is 9.90 Å². The van der Waals surface area contributed by atoms with Crippen LogP contribution >= 0.6 is 0 Å². The van der Waals surface area contributed by atoms with Gasteiger partial charge >= 0.3 is 0 Å². The summed E-state index contributed by atoms with van der Waals surface area (Å²) in [5.41, 5.74) is -0.884. The second-order valence-electron chi connectivity index (χ2n) is 1.97. The van der Waals surface area contributed by atoms with E-state index in [1.807, 2.05) is 0 Å². The van der Waals surface area contributed by atoms with E-state index in [1.165, 1.54) is 12.2 Å². The smallest absolute Gasteiger partial charge is 0.204 e. The Balaban J connectivity index is 3.06. The van der Waals surface area contributed by atoms with Gasteiger partial charge in [0.25, 0.3) is 0 Å². The Morgan fingerprint density at radius 1 is 1.55 bits per heavy atom. The molecule has 0 radical (unpaired) electrons. The Labute approximate surface area is 62.3 Å². The first-order valence-corrected chi connectivity index (χ1v) is 2.86. The molecule has 1 N–H and O–H groups in total. The normalized spacial score (nSPS) is 16.5. The van der Waals surface area contributed by atoms with Crippen LogP contribution in [0.25, 0.3) is 0 Å². The number of carboxylic acid groups (broad SMARTS) is 1. The molecule has 4 nitrogen and oxygen atoms in total. The number of rotatable bonds is 1. The van der Waals surface area contributed by atoms with Crippen LogP contribution in [0.4, 0.5) is 0 Å². The molecular formula is C7H4NO3-. The predicted octanol–water partition coefficient (Wildman–Crippen LogP) is -1.18. The van der Waals surface area contributed by atoms with E-state index in [9.17, 15) is 14.7 Å². The summed E-state index contributed by atoms with van der Waals surface area (Å²) in [4.78, 5) is 20.9. The van der Waals surface area contributed by atoms with Crippen molar-refractivity contribution in [3.63, 3.8) is 0 Å². The van der Waals surface area contributed by atoms with Gasteiger partial charge in [0.15, 0.2) is 0 Å². The van der Waals surface area contributed by atoms with Crippen molar-refractivity contribution >= 4 is 17.5 Å². The average Bonchev–Trinajstić information content (AvgIpc) is 1.94. The molecule has 0 saturated heterocycles. The molecule has 1 aliphatic rings. The first-order chi connectivity index (χ1) is 5.13. The van der Waals surface area contributed by atoms with Crippen molar-refractivity contribution in [2.45, 2.75) is 0 Å². The number of hydrogen-bond donors (Lipinski definition) is 1. The van der Waals surface area contributed by atoms with Crippen LogP contribution in [0.15, 0.2) is 23.8 Å². The quantitative estimate of drug-likeness (QED) is 0.478. The summed E-state index contributed by atoms with van der Waals surface area (Å²) in [6.45, 7) is 0. The second-order valence-corrected chi connectivity index (χ2v) is 1.97. The molecule has 1 aliphatic carbocycles. The Hall–Kier alpha value is -1.71. The molecular weight excluding hydrogens is 146 g/mol. The second kappa shape index (κ2) is 2.49. The van der Waals surface area contributed by atoms with E-state index in [4.69, 9.17) is 5.41 Å². The third-order valence-corrected chi connectivity index (χ3v) is 1.25. The maximum absolute atomic E-state index is 10.7. The SMILES string of the molecule is N=C1C(=O)C=CC=C1C(=O)[O-]. The highest BCUT2D eigenvalue weighted by Gasteiger charge is 2.14. The highest BCUT2D eigenvalue weighted by atomic mass is 16.4. The number of carbonyl (C=O) groups is 2. The molecule has 11 heavy (non-hydrogen) atoms. The molecule has 56 valence electrons. The Kier molecular flexibility index (Phi) is 1.68. The van der Waals surface area contributed by atoms with Crippen LogP contribution < -0.4 is 5.11 Å². The molecule has 0 atom stereocenters. The van der Waals surface area contributed by atoms with Gasteiger partial charge in [0.05, 0.1) is 5.97 Å². The van der Waals surface area contributed by atoms with E-state index in [1.54, 1.807) is 0 Å². The van der Waals surface area contributed by atoms with Crippen LogP contribution in [-0.2, 0) is 9.59 Å². The lowest BCUT2D eigenvalue weighted by atomic mass is 10.0. The standard InChI is InChI=1S/C7H5NO3/c8-6-4(7(10)11)2-1-3-5(6)9/h1-3,8H,(H,10,11)/p-1. The van der Waals surface area contributed by atoms with Gasteiger partial charge in [0, 0.05) is 5.57 Å². The van der Waals surface area contributed by atoms with Crippen molar-refractivity contribution in [1.82, 2.24) is 0 Å². The van der Waals surface area contributed by atoms with Crippen molar-refractivity contribution in [1.29, 1.82) is 5.41 Å². The van der Waals surface area contributed by atoms with Gasteiger partial charge in [-0.25, -0.2) is 0 Å². The number of carboxylic acids is 1. The lowest BCUT2D eigenvalue weighted by molar-refractivity contribution is -0.298. The third-order valence-electron chi connectivity index (χ3n) is 1.25. The van der Waals surface area contributed by atoms with Crippen molar-refractivity contribution in [3.8, 4) is 0 Å². The summed E-state index contributed by atoms with van der Waals surface area (Å²) in [6.07, 6.45) is 3.58. The summed E-state index contributed by atoms with van der Waals surface area (Å²) in [5, 5.41) is 17.2. The van der Waals surface area contributed by atoms with E-state index in [2.05, 4.69) is 0 Å². The van der Waals surface area contributed by atoms with Gasteiger partial charge in [-0.15, -0.1) is 0 Å². The molecule has 0 aromatic carbocycles. The summed E-state index contributed by atoms with van der Waals surface area (Å²) in [7, 11) is 0. The van der Waals surface area contributed by atoms with Gasteiger partial charge in [0.2, 0.25) is 5.78 Å². The molecule has 0 heterocycles. The minimum atomic E-state index is -1.49. The summed E-state index contributed by atoms with van der Waals surface area (Å²) < 4.78 is 0. The topological polar surface area (TPSA) is 81.0 Å². The molecule has 0 amide bonds. The van der Waals surface area contributed by atoms with E-state index in [0.29, 0.717) is 0 Å². The first kappa shape index (κ1) is 7.40. The fraction of sp³-hybridized carbons (Fsp3) is 0. The molecule has 0 aromatic rings. The zero-order chi connectivity index (χ0) is 8.43. The van der Waals surface area contributed by atoms with Crippen molar-refractivity contribution in [3.05, 3.63) is 23.8 Å². The highest BCUT2D eigenvalue weighted by Crippen LogP contribution is 2.03. The van der Waals surface area contributed by atoms with Gasteiger partial charge in [-0.2, -0.15) is 0 Å². The molecule has 0 aliphatic heterocycles. The molecule has 4 heteroatoms. The molecule has 0 saturated carbocycles. The summed E-state index contributed by atoms with van der Waals surface area (Å²) >= 11 is 0. The first-order valence-electron chi connectivity index (χ1n) is 2.86. The van der Waals surface area contributed by atoms with Crippen LogP contribution in [0.2, 0.25) is 0 Å². The van der Waals surface area contributed by atoms with Gasteiger partial charge in [-0.1, -0.05) is 12.2 Å². The molecule has 0 unspecified atom stereocenters. The number of ketones is 1. The molecule has 0 fully saturated rings. The van der Waals surface area contributed by atoms with Crippen LogP contribution in [0.3, 0.4) is 0 Å². The van der Waals surface area contributed by atoms with Crippen LogP contribution in [0.5, 0.6) is 0 Å². The van der Waals surface area contributed by atoms with E-state index in [0.717, 1.165) is 6.08 Å². The third kappa shape index (κ3) is 1.24. The molecule has 0 spiro atoms. The number of hydrogen-bond acceptors (Lipinski definition) is 4. The number of nitrogens with one attached hydrogen (secondary N) is 1. The van der Waals surface area contributed by atoms with Gasteiger partial charge in [0.1, 0.15) is 5.71 Å². The van der Waals surface area contributed by atoms with E-state index in [-0.39, 0.29) is 5.57 Å². The number of carbonyl (C=O) groups excluding carboxylic acids is 2. The van der Waals surface area contributed by atoms with Gasteiger partial charge in [-0.05, 0) is 6.08 Å². The maximum atomic E-state index is 10.7. The van der Waals surface area contributed by atoms with Crippen LogP contribution in [0, 0.1) is 5.41 Å². The Morgan fingerprint density at radius 2 is 2.18 bits per heavy atom. The number of aliphatic carboxylic acids is 1. The highest BCUT2D eigenvalue weighted by molar-refractivity contribution is 6.53. The minimum absolute atomic E-state index is 0.363. The zero-order valence-corrected chi connectivity index (χ0v) is 5.46. The summed E-state index contributed by atoms with van der Waals surface area (Å²) in [6, 6.07) is 0. The lowest BCUT2D eigenvalue weighted by Gasteiger charge is -2.08. The van der Waals surface area contributed by atoms with Gasteiger partial charge in [-0.3, -0.25) is 10.2 Å². The average molecular weight is 150 g/mol. The zero-order valence-electron chi connectivity index (χ0n) is 5.46. The minimum Gasteiger partial charge on any atom is -0.545 e.